The maximum Gasteiger partial charge on any atom is 0.123 e. The van der Waals surface area contributed by atoms with Crippen LogP contribution in [0.3, 0.4) is 0 Å². The lowest BCUT2D eigenvalue weighted by Gasteiger charge is -2.39. The molecule has 0 spiro atoms. The molecule has 3 nitrogen and oxygen atoms in total. The number of ether oxygens (including phenoxy) is 1. The van der Waals surface area contributed by atoms with Crippen molar-refractivity contribution in [2.75, 3.05) is 20.2 Å². The van der Waals surface area contributed by atoms with Gasteiger partial charge in [-0.3, -0.25) is 4.90 Å². The fraction of sp³-hybridized carbons (Fsp3) is 0.667. The number of likely N-dealkylation sites (tertiary alicyclic amines) is 1. The summed E-state index contributed by atoms with van der Waals surface area (Å²) in [6, 6.07) is 7.13. The summed E-state index contributed by atoms with van der Waals surface area (Å²) in [6.07, 6.45) is 6.93. The van der Waals surface area contributed by atoms with E-state index in [1.54, 1.807) is 7.11 Å². The molecule has 1 heterocycles. The molecule has 1 saturated carbocycles. The van der Waals surface area contributed by atoms with Crippen molar-refractivity contribution < 1.29 is 4.74 Å². The fourth-order valence-corrected chi connectivity index (χ4v) is 4.28. The first-order valence-electron chi connectivity index (χ1n) is 8.33. The Morgan fingerprint density at radius 2 is 2.10 bits per heavy atom. The molecule has 1 aromatic carbocycles. The SMILES string of the molecule is COc1ccc(C)cc1C(N)CN1CCCC2CCCC21. The topological polar surface area (TPSA) is 38.5 Å². The number of methoxy groups -OCH3 is 1. The minimum absolute atomic E-state index is 0.0409. The molecular weight excluding hydrogens is 260 g/mol. The second-order valence-corrected chi connectivity index (χ2v) is 6.75. The zero-order valence-electron chi connectivity index (χ0n) is 13.3. The van der Waals surface area contributed by atoms with Gasteiger partial charge in [-0.1, -0.05) is 24.1 Å². The number of benzene rings is 1. The quantitative estimate of drug-likeness (QED) is 0.924. The predicted octanol–water partition coefficient (Wildman–Crippen LogP) is 3.27. The van der Waals surface area contributed by atoms with Gasteiger partial charge in [0.2, 0.25) is 0 Å². The van der Waals surface area contributed by atoms with Crippen molar-refractivity contribution in [2.45, 2.75) is 51.1 Å². The average Bonchev–Trinajstić information content (AvgIpc) is 2.96. The highest BCUT2D eigenvalue weighted by atomic mass is 16.5. The van der Waals surface area contributed by atoms with Crippen LogP contribution in [-0.2, 0) is 0 Å². The number of nitrogens with two attached hydrogens (primary N) is 1. The first-order chi connectivity index (χ1) is 10.2. The Morgan fingerprint density at radius 1 is 1.29 bits per heavy atom. The molecule has 3 rings (SSSR count). The highest BCUT2D eigenvalue weighted by Gasteiger charge is 2.35. The zero-order valence-corrected chi connectivity index (χ0v) is 13.3. The molecule has 1 aliphatic heterocycles. The van der Waals surface area contributed by atoms with E-state index in [0.717, 1.165) is 29.8 Å². The molecule has 0 bridgehead atoms. The minimum Gasteiger partial charge on any atom is -0.496 e. The molecule has 0 radical (unpaired) electrons. The van der Waals surface area contributed by atoms with Gasteiger partial charge in [-0.2, -0.15) is 0 Å². The van der Waals surface area contributed by atoms with Gasteiger partial charge in [0.05, 0.1) is 7.11 Å². The summed E-state index contributed by atoms with van der Waals surface area (Å²) in [5.41, 5.74) is 8.93. The Balaban J connectivity index is 1.73. The third-order valence-corrected chi connectivity index (χ3v) is 5.32. The highest BCUT2D eigenvalue weighted by molar-refractivity contribution is 5.39. The fourth-order valence-electron chi connectivity index (χ4n) is 4.28. The zero-order chi connectivity index (χ0) is 14.8. The molecule has 21 heavy (non-hydrogen) atoms. The molecule has 0 aromatic heterocycles. The van der Waals surface area contributed by atoms with Crippen molar-refractivity contribution in [1.82, 2.24) is 4.90 Å². The van der Waals surface area contributed by atoms with E-state index < -0.39 is 0 Å². The van der Waals surface area contributed by atoms with Gasteiger partial charge in [0.15, 0.2) is 0 Å². The van der Waals surface area contributed by atoms with Crippen molar-refractivity contribution in [2.24, 2.45) is 11.7 Å². The number of hydrogen-bond acceptors (Lipinski definition) is 3. The normalized spacial score (nSPS) is 27.4. The maximum atomic E-state index is 6.53. The molecule has 3 unspecified atom stereocenters. The molecule has 2 N–H and O–H groups in total. The monoisotopic (exact) mass is 288 g/mol. The van der Waals surface area contributed by atoms with Crippen LogP contribution in [0.2, 0.25) is 0 Å². The molecule has 116 valence electrons. The van der Waals surface area contributed by atoms with Crippen LogP contribution >= 0.6 is 0 Å². The molecule has 1 aromatic rings. The Morgan fingerprint density at radius 3 is 2.90 bits per heavy atom. The standard InChI is InChI=1S/C18H28N2O/c1-13-8-9-18(21-2)15(11-13)16(19)12-20-10-4-6-14-5-3-7-17(14)20/h8-9,11,14,16-17H,3-7,10,12,19H2,1-2H3. The predicted molar refractivity (Wildman–Crippen MR) is 86.6 cm³/mol. The number of aryl methyl sites for hydroxylation is 1. The summed E-state index contributed by atoms with van der Waals surface area (Å²) in [6.45, 7) is 4.29. The molecule has 2 fully saturated rings. The smallest absolute Gasteiger partial charge is 0.123 e. The lowest BCUT2D eigenvalue weighted by Crippen LogP contribution is -2.45. The molecule has 3 heteroatoms. The number of piperidine rings is 1. The van der Waals surface area contributed by atoms with Crippen LogP contribution in [0.4, 0.5) is 0 Å². The lowest BCUT2D eigenvalue weighted by atomic mass is 9.91. The summed E-state index contributed by atoms with van der Waals surface area (Å²) in [5.74, 6) is 1.85. The molecule has 1 saturated heterocycles. The van der Waals surface area contributed by atoms with Crippen LogP contribution < -0.4 is 10.5 Å². The van der Waals surface area contributed by atoms with E-state index >= 15 is 0 Å². The Bertz CT molecular complexity index is 488. The second-order valence-electron chi connectivity index (χ2n) is 6.75. The first kappa shape index (κ1) is 14.9. The van der Waals surface area contributed by atoms with Gasteiger partial charge in [0.25, 0.3) is 0 Å². The van der Waals surface area contributed by atoms with Gasteiger partial charge in [0, 0.05) is 24.2 Å². The first-order valence-corrected chi connectivity index (χ1v) is 8.33. The average molecular weight is 288 g/mol. The van der Waals surface area contributed by atoms with Crippen molar-refractivity contribution in [1.29, 1.82) is 0 Å². The molecular formula is C18H28N2O. The Kier molecular flexibility index (Phi) is 4.51. The largest absolute Gasteiger partial charge is 0.496 e. The van der Waals surface area contributed by atoms with E-state index in [-0.39, 0.29) is 6.04 Å². The van der Waals surface area contributed by atoms with Crippen LogP contribution in [0.1, 0.15) is 49.3 Å². The number of fused-ring (bicyclic) bond motifs is 1. The Hall–Kier alpha value is -1.06. The van der Waals surface area contributed by atoms with Crippen molar-refractivity contribution in [3.05, 3.63) is 29.3 Å². The van der Waals surface area contributed by atoms with Crippen LogP contribution in [-0.4, -0.2) is 31.1 Å². The third kappa shape index (κ3) is 3.09. The van der Waals surface area contributed by atoms with Crippen LogP contribution in [0.5, 0.6) is 5.75 Å². The van der Waals surface area contributed by atoms with E-state index in [2.05, 4.69) is 24.0 Å². The van der Waals surface area contributed by atoms with Gasteiger partial charge < -0.3 is 10.5 Å². The molecule has 0 amide bonds. The Labute approximate surface area is 128 Å². The van der Waals surface area contributed by atoms with Crippen molar-refractivity contribution >= 4 is 0 Å². The molecule has 2 aliphatic rings. The molecule has 3 atom stereocenters. The van der Waals surface area contributed by atoms with Crippen LogP contribution in [0.15, 0.2) is 18.2 Å². The van der Waals surface area contributed by atoms with Gasteiger partial charge in [-0.05, 0) is 51.1 Å². The summed E-state index contributed by atoms with van der Waals surface area (Å²) in [4.78, 5) is 2.65. The highest BCUT2D eigenvalue weighted by Crippen LogP contribution is 2.37. The number of nitrogens with zero attached hydrogens (tertiary/aromatic N) is 1. The van der Waals surface area contributed by atoms with Gasteiger partial charge >= 0.3 is 0 Å². The van der Waals surface area contributed by atoms with E-state index in [0.29, 0.717) is 0 Å². The van der Waals surface area contributed by atoms with Crippen molar-refractivity contribution in [3.8, 4) is 5.75 Å². The summed E-state index contributed by atoms with van der Waals surface area (Å²) >= 11 is 0. The van der Waals surface area contributed by atoms with E-state index in [9.17, 15) is 0 Å². The third-order valence-electron chi connectivity index (χ3n) is 5.32. The summed E-state index contributed by atoms with van der Waals surface area (Å²) < 4.78 is 5.50. The van der Waals surface area contributed by atoms with E-state index in [1.807, 2.05) is 6.07 Å². The van der Waals surface area contributed by atoms with Crippen molar-refractivity contribution in [3.63, 3.8) is 0 Å². The van der Waals surface area contributed by atoms with E-state index in [4.69, 9.17) is 10.5 Å². The van der Waals surface area contributed by atoms with Gasteiger partial charge in [0.1, 0.15) is 5.75 Å². The summed E-state index contributed by atoms with van der Waals surface area (Å²) in [5, 5.41) is 0. The number of rotatable bonds is 4. The minimum atomic E-state index is 0.0409. The second kappa shape index (κ2) is 6.37. The lowest BCUT2D eigenvalue weighted by molar-refractivity contribution is 0.106. The molecule has 1 aliphatic carbocycles. The van der Waals surface area contributed by atoms with Crippen LogP contribution in [0.25, 0.3) is 0 Å². The number of hydrogen-bond donors (Lipinski definition) is 1. The maximum absolute atomic E-state index is 6.53. The van der Waals surface area contributed by atoms with E-state index in [1.165, 1.54) is 44.2 Å². The summed E-state index contributed by atoms with van der Waals surface area (Å²) in [7, 11) is 1.73. The van der Waals surface area contributed by atoms with Gasteiger partial charge in [-0.15, -0.1) is 0 Å². The van der Waals surface area contributed by atoms with Gasteiger partial charge in [-0.25, -0.2) is 0 Å². The van der Waals surface area contributed by atoms with Crippen LogP contribution in [0, 0.1) is 12.8 Å².